The molecule has 0 radical (unpaired) electrons. The molecule has 0 spiro atoms. The first-order valence-corrected chi connectivity index (χ1v) is 10.3. The van der Waals surface area contributed by atoms with Gasteiger partial charge in [-0.25, -0.2) is 0 Å². The summed E-state index contributed by atoms with van der Waals surface area (Å²) in [6, 6.07) is 15.7. The highest BCUT2D eigenvalue weighted by Gasteiger charge is 2.31. The van der Waals surface area contributed by atoms with Crippen molar-refractivity contribution < 1.29 is 9.47 Å². The summed E-state index contributed by atoms with van der Waals surface area (Å²) in [6.07, 6.45) is 7.43. The van der Waals surface area contributed by atoms with Crippen LogP contribution >= 0.6 is 0 Å². The van der Waals surface area contributed by atoms with E-state index in [1.165, 1.54) is 42.5 Å². The lowest BCUT2D eigenvalue weighted by Crippen LogP contribution is -2.41. The van der Waals surface area contributed by atoms with Crippen molar-refractivity contribution in [1.29, 1.82) is 0 Å². The Labute approximate surface area is 163 Å². The first-order valence-electron chi connectivity index (χ1n) is 10.3. The fourth-order valence-corrected chi connectivity index (χ4v) is 4.40. The van der Waals surface area contributed by atoms with E-state index in [-0.39, 0.29) is 0 Å². The van der Waals surface area contributed by atoms with Crippen molar-refractivity contribution in [1.82, 2.24) is 4.90 Å². The number of methoxy groups -OCH3 is 2. The molecule has 0 saturated heterocycles. The predicted octanol–water partition coefficient (Wildman–Crippen LogP) is 4.52. The molecule has 2 aromatic rings. The Kier molecular flexibility index (Phi) is 5.68. The van der Waals surface area contributed by atoms with Crippen LogP contribution in [0.25, 0.3) is 0 Å². The van der Waals surface area contributed by atoms with E-state index in [9.17, 15) is 0 Å². The highest BCUT2D eigenvalue weighted by atomic mass is 16.5. The monoisotopic (exact) mass is 365 g/mol. The maximum atomic E-state index is 5.66. The van der Waals surface area contributed by atoms with Crippen LogP contribution in [0.4, 0.5) is 0 Å². The molecule has 0 heterocycles. The highest BCUT2D eigenvalue weighted by Crippen LogP contribution is 2.35. The molecule has 0 aromatic heterocycles. The minimum atomic E-state index is 0.625. The molecular formula is C24H31NO2. The topological polar surface area (TPSA) is 21.7 Å². The summed E-state index contributed by atoms with van der Waals surface area (Å²) < 4.78 is 11.0. The van der Waals surface area contributed by atoms with Crippen molar-refractivity contribution in [3.63, 3.8) is 0 Å². The molecule has 1 atom stereocenters. The van der Waals surface area contributed by atoms with E-state index in [0.29, 0.717) is 6.04 Å². The van der Waals surface area contributed by atoms with Crippen molar-refractivity contribution in [3.05, 3.63) is 59.2 Å². The summed E-state index contributed by atoms with van der Waals surface area (Å²) >= 11 is 0. The van der Waals surface area contributed by atoms with Gasteiger partial charge in [-0.2, -0.15) is 0 Å². The predicted molar refractivity (Wildman–Crippen MR) is 110 cm³/mol. The molecule has 27 heavy (non-hydrogen) atoms. The van der Waals surface area contributed by atoms with Crippen LogP contribution in [0.1, 0.15) is 36.0 Å². The third kappa shape index (κ3) is 4.47. The van der Waals surface area contributed by atoms with Crippen LogP contribution in [0.2, 0.25) is 0 Å². The van der Waals surface area contributed by atoms with Gasteiger partial charge in [0.25, 0.3) is 0 Å². The van der Waals surface area contributed by atoms with Crippen LogP contribution in [0.3, 0.4) is 0 Å². The standard InChI is InChI=1S/C24H31NO2/c1-26-22-7-3-5-18(15-22)13-14-25(17-19-9-10-19)21-12-11-20-6-4-8-24(27-2)23(20)16-21/h3-8,15,19,21H,9-14,16-17H2,1-2H3/t21-/m1/s1. The number of aryl methyl sites for hydroxylation is 1. The second-order valence-electron chi connectivity index (χ2n) is 8.03. The second kappa shape index (κ2) is 8.35. The van der Waals surface area contributed by atoms with Gasteiger partial charge in [0.2, 0.25) is 0 Å². The van der Waals surface area contributed by atoms with Gasteiger partial charge in [0.1, 0.15) is 11.5 Å². The molecule has 4 rings (SSSR count). The number of hydrogen-bond acceptors (Lipinski definition) is 3. The van der Waals surface area contributed by atoms with Gasteiger partial charge in [0, 0.05) is 19.1 Å². The lowest BCUT2D eigenvalue weighted by Gasteiger charge is -2.36. The maximum Gasteiger partial charge on any atom is 0.122 e. The van der Waals surface area contributed by atoms with E-state index < -0.39 is 0 Å². The fraction of sp³-hybridized carbons (Fsp3) is 0.500. The van der Waals surface area contributed by atoms with Crippen molar-refractivity contribution in [2.75, 3.05) is 27.3 Å². The van der Waals surface area contributed by atoms with E-state index >= 15 is 0 Å². The van der Waals surface area contributed by atoms with Gasteiger partial charge in [-0.1, -0.05) is 24.3 Å². The van der Waals surface area contributed by atoms with Gasteiger partial charge in [0.05, 0.1) is 14.2 Å². The third-order valence-electron chi connectivity index (χ3n) is 6.16. The van der Waals surface area contributed by atoms with Crippen molar-refractivity contribution in [2.45, 2.75) is 44.6 Å². The van der Waals surface area contributed by atoms with Crippen LogP contribution in [0, 0.1) is 5.92 Å². The van der Waals surface area contributed by atoms with E-state index in [1.54, 1.807) is 14.2 Å². The molecule has 2 aliphatic rings. The van der Waals surface area contributed by atoms with Crippen molar-refractivity contribution in [2.24, 2.45) is 5.92 Å². The summed E-state index contributed by atoms with van der Waals surface area (Å²) in [7, 11) is 3.54. The lowest BCUT2D eigenvalue weighted by atomic mass is 9.86. The maximum absolute atomic E-state index is 5.66. The molecule has 3 nitrogen and oxygen atoms in total. The van der Waals surface area contributed by atoms with Crippen LogP contribution in [0.15, 0.2) is 42.5 Å². The van der Waals surface area contributed by atoms with Gasteiger partial charge in [-0.3, -0.25) is 4.90 Å². The molecule has 144 valence electrons. The molecule has 0 aliphatic heterocycles. The van der Waals surface area contributed by atoms with Crippen LogP contribution in [0.5, 0.6) is 11.5 Å². The van der Waals surface area contributed by atoms with E-state index in [0.717, 1.165) is 43.2 Å². The zero-order valence-electron chi connectivity index (χ0n) is 16.6. The molecule has 1 fully saturated rings. The van der Waals surface area contributed by atoms with Crippen molar-refractivity contribution >= 4 is 0 Å². The lowest BCUT2D eigenvalue weighted by molar-refractivity contribution is 0.173. The molecule has 3 heteroatoms. The number of benzene rings is 2. The van der Waals surface area contributed by atoms with E-state index in [4.69, 9.17) is 9.47 Å². The van der Waals surface area contributed by atoms with E-state index in [1.807, 2.05) is 6.07 Å². The Bertz CT molecular complexity index is 754. The first kappa shape index (κ1) is 18.4. The summed E-state index contributed by atoms with van der Waals surface area (Å²) in [5.74, 6) is 2.93. The molecular weight excluding hydrogens is 334 g/mol. The Morgan fingerprint density at radius 2 is 1.85 bits per heavy atom. The Balaban J connectivity index is 1.47. The smallest absolute Gasteiger partial charge is 0.122 e. The molecule has 1 saturated carbocycles. The van der Waals surface area contributed by atoms with Crippen molar-refractivity contribution in [3.8, 4) is 11.5 Å². The first-order chi connectivity index (χ1) is 13.3. The average Bonchev–Trinajstić information content (AvgIpc) is 3.54. The highest BCUT2D eigenvalue weighted by molar-refractivity contribution is 5.42. The van der Waals surface area contributed by atoms with Gasteiger partial charge in [0.15, 0.2) is 0 Å². The van der Waals surface area contributed by atoms with Crippen LogP contribution in [-0.2, 0) is 19.3 Å². The molecule has 2 aliphatic carbocycles. The Morgan fingerprint density at radius 3 is 2.63 bits per heavy atom. The zero-order valence-corrected chi connectivity index (χ0v) is 16.6. The summed E-state index contributed by atoms with van der Waals surface area (Å²) in [5, 5.41) is 0. The van der Waals surface area contributed by atoms with Gasteiger partial charge in [-0.05, 0) is 79.3 Å². The molecule has 0 N–H and O–H groups in total. The molecule has 0 unspecified atom stereocenters. The van der Waals surface area contributed by atoms with Gasteiger partial charge >= 0.3 is 0 Å². The minimum Gasteiger partial charge on any atom is -0.497 e. The van der Waals surface area contributed by atoms with Crippen LogP contribution in [-0.4, -0.2) is 38.3 Å². The Morgan fingerprint density at radius 1 is 1.00 bits per heavy atom. The normalized spacial score (nSPS) is 19.0. The molecule has 2 aromatic carbocycles. The largest absolute Gasteiger partial charge is 0.497 e. The summed E-state index contributed by atoms with van der Waals surface area (Å²) in [4.78, 5) is 2.76. The van der Waals surface area contributed by atoms with Crippen LogP contribution < -0.4 is 9.47 Å². The molecule has 0 amide bonds. The quantitative estimate of drug-likeness (QED) is 0.687. The summed E-state index contributed by atoms with van der Waals surface area (Å²) in [5.41, 5.74) is 4.27. The van der Waals surface area contributed by atoms with Gasteiger partial charge < -0.3 is 9.47 Å². The van der Waals surface area contributed by atoms with Gasteiger partial charge in [-0.15, -0.1) is 0 Å². The third-order valence-corrected chi connectivity index (χ3v) is 6.16. The number of fused-ring (bicyclic) bond motifs is 1. The number of hydrogen-bond donors (Lipinski definition) is 0. The minimum absolute atomic E-state index is 0.625. The number of ether oxygens (including phenoxy) is 2. The summed E-state index contributed by atoms with van der Waals surface area (Å²) in [6.45, 7) is 2.37. The zero-order chi connectivity index (χ0) is 18.6. The Hall–Kier alpha value is -2.00. The number of nitrogens with zero attached hydrogens (tertiary/aromatic N) is 1. The second-order valence-corrected chi connectivity index (χ2v) is 8.03. The van der Waals surface area contributed by atoms with E-state index in [2.05, 4.69) is 41.3 Å². The SMILES string of the molecule is COc1cccc(CCN(CC2CC2)[C@@H]2CCc3cccc(OC)c3C2)c1. The average molecular weight is 366 g/mol. The molecule has 0 bridgehead atoms. The number of rotatable bonds is 8. The fourth-order valence-electron chi connectivity index (χ4n) is 4.40.